The molecule has 0 unspecified atom stereocenters. The highest BCUT2D eigenvalue weighted by Crippen LogP contribution is 2.22. The van der Waals surface area contributed by atoms with Crippen LogP contribution in [-0.4, -0.2) is 5.17 Å². The third-order valence-corrected chi connectivity index (χ3v) is 2.46. The molecule has 0 aliphatic heterocycles. The molecule has 0 amide bonds. The van der Waals surface area contributed by atoms with Gasteiger partial charge in [-0.15, -0.1) is 11.3 Å². The first-order valence-electron chi connectivity index (χ1n) is 2.34. The highest BCUT2D eigenvalue weighted by molar-refractivity contribution is 8.15. The first kappa shape index (κ1) is 6.64. The molecule has 0 spiro atoms. The molecule has 0 radical (unpaired) electrons. The fourth-order valence-electron chi connectivity index (χ4n) is 0.430. The van der Waals surface area contributed by atoms with E-state index in [0.717, 1.165) is 4.21 Å². The number of rotatable bonds is 1. The quantitative estimate of drug-likeness (QED) is 0.371. The summed E-state index contributed by atoms with van der Waals surface area (Å²) in [4.78, 5) is 0. The van der Waals surface area contributed by atoms with Gasteiger partial charge in [-0.05, 0) is 23.2 Å². The number of thiophene rings is 1. The van der Waals surface area contributed by atoms with Crippen molar-refractivity contribution in [3.8, 4) is 0 Å². The Balaban J connectivity index is 2.58. The van der Waals surface area contributed by atoms with Crippen LogP contribution in [-0.2, 0) is 0 Å². The summed E-state index contributed by atoms with van der Waals surface area (Å²) in [6, 6.07) is 3.88. The molecule has 0 saturated carbocycles. The van der Waals surface area contributed by atoms with Crippen LogP contribution in [0.3, 0.4) is 0 Å². The topological polar surface area (TPSA) is 49.9 Å². The van der Waals surface area contributed by atoms with Crippen LogP contribution in [0, 0.1) is 5.41 Å². The second-order valence-electron chi connectivity index (χ2n) is 1.40. The van der Waals surface area contributed by atoms with Crippen LogP contribution >= 0.6 is 23.1 Å². The van der Waals surface area contributed by atoms with Gasteiger partial charge in [0.15, 0.2) is 5.17 Å². The van der Waals surface area contributed by atoms with Crippen LogP contribution in [0.15, 0.2) is 21.7 Å². The molecular weight excluding hydrogens is 152 g/mol. The number of hydrogen-bond donors (Lipinski definition) is 2. The molecule has 3 N–H and O–H groups in total. The number of nitrogens with two attached hydrogens (primary N) is 1. The Morgan fingerprint density at radius 2 is 2.56 bits per heavy atom. The second-order valence-corrected chi connectivity index (χ2v) is 3.69. The average molecular weight is 158 g/mol. The van der Waals surface area contributed by atoms with Gasteiger partial charge in [0.05, 0.1) is 4.21 Å². The van der Waals surface area contributed by atoms with E-state index < -0.39 is 0 Å². The fraction of sp³-hybridized carbons (Fsp3) is 0. The monoisotopic (exact) mass is 158 g/mol. The van der Waals surface area contributed by atoms with Crippen LogP contribution in [0.2, 0.25) is 0 Å². The largest absolute Gasteiger partial charge is 0.378 e. The van der Waals surface area contributed by atoms with Crippen molar-refractivity contribution in [2.24, 2.45) is 5.73 Å². The minimum atomic E-state index is 0.150. The molecule has 0 saturated heterocycles. The molecule has 0 atom stereocenters. The summed E-state index contributed by atoms with van der Waals surface area (Å²) >= 11 is 2.88. The lowest BCUT2D eigenvalue weighted by Crippen LogP contribution is -2.01. The average Bonchev–Trinajstić information content (AvgIpc) is 2.15. The summed E-state index contributed by atoms with van der Waals surface area (Å²) in [6.45, 7) is 0. The maximum atomic E-state index is 6.92. The highest BCUT2D eigenvalue weighted by atomic mass is 32.2. The Morgan fingerprint density at radius 3 is 3.00 bits per heavy atom. The minimum Gasteiger partial charge on any atom is -0.378 e. The van der Waals surface area contributed by atoms with Gasteiger partial charge >= 0.3 is 0 Å². The lowest BCUT2D eigenvalue weighted by atomic mass is 10.7. The number of amidine groups is 1. The van der Waals surface area contributed by atoms with Crippen molar-refractivity contribution in [1.29, 1.82) is 5.41 Å². The SMILES string of the molecule is N=C(N)Sc1cccs1. The van der Waals surface area contributed by atoms with Gasteiger partial charge in [-0.1, -0.05) is 6.07 Å². The number of nitrogens with one attached hydrogen (secondary N) is 1. The van der Waals surface area contributed by atoms with E-state index in [1.54, 1.807) is 11.3 Å². The fourth-order valence-corrected chi connectivity index (χ4v) is 1.87. The Labute approximate surface area is 61.6 Å². The first-order chi connectivity index (χ1) is 4.29. The van der Waals surface area contributed by atoms with Crippen LogP contribution < -0.4 is 5.73 Å². The molecule has 1 rings (SSSR count). The van der Waals surface area contributed by atoms with Gasteiger partial charge < -0.3 is 5.73 Å². The number of hydrogen-bond acceptors (Lipinski definition) is 3. The Hall–Kier alpha value is -0.480. The third kappa shape index (κ3) is 2.07. The Morgan fingerprint density at radius 1 is 1.78 bits per heavy atom. The third-order valence-electron chi connectivity index (χ3n) is 0.706. The van der Waals surface area contributed by atoms with E-state index in [1.807, 2.05) is 17.5 Å². The van der Waals surface area contributed by atoms with E-state index in [2.05, 4.69) is 0 Å². The Bertz CT molecular complexity index is 193. The molecule has 0 bridgehead atoms. The van der Waals surface area contributed by atoms with Crippen molar-refractivity contribution in [2.45, 2.75) is 4.21 Å². The van der Waals surface area contributed by atoms with Gasteiger partial charge in [-0.25, -0.2) is 0 Å². The van der Waals surface area contributed by atoms with Gasteiger partial charge in [0.2, 0.25) is 0 Å². The van der Waals surface area contributed by atoms with Crippen LogP contribution in [0.5, 0.6) is 0 Å². The van der Waals surface area contributed by atoms with Crippen molar-refractivity contribution < 1.29 is 0 Å². The maximum absolute atomic E-state index is 6.92. The van der Waals surface area contributed by atoms with Gasteiger partial charge in [0.1, 0.15) is 0 Å². The zero-order chi connectivity index (χ0) is 6.69. The van der Waals surface area contributed by atoms with E-state index in [0.29, 0.717) is 0 Å². The molecule has 1 aromatic heterocycles. The summed E-state index contributed by atoms with van der Waals surface area (Å²) in [6.07, 6.45) is 0. The van der Waals surface area contributed by atoms with Crippen molar-refractivity contribution in [3.63, 3.8) is 0 Å². The highest BCUT2D eigenvalue weighted by Gasteiger charge is 1.93. The molecule has 2 nitrogen and oxygen atoms in total. The molecule has 1 aromatic rings. The lowest BCUT2D eigenvalue weighted by molar-refractivity contribution is 1.50. The van der Waals surface area contributed by atoms with E-state index in [4.69, 9.17) is 11.1 Å². The second kappa shape index (κ2) is 2.89. The molecule has 0 aliphatic carbocycles. The zero-order valence-corrected chi connectivity index (χ0v) is 6.26. The minimum absolute atomic E-state index is 0.150. The molecule has 9 heavy (non-hydrogen) atoms. The molecule has 4 heteroatoms. The van der Waals surface area contributed by atoms with Crippen LogP contribution in [0.25, 0.3) is 0 Å². The molecule has 0 aliphatic rings. The molecule has 0 fully saturated rings. The molecular formula is C5H6N2S2. The smallest absolute Gasteiger partial charge is 0.156 e. The molecule has 1 heterocycles. The van der Waals surface area contributed by atoms with E-state index in [9.17, 15) is 0 Å². The normalized spacial score (nSPS) is 9.33. The number of thioether (sulfide) groups is 1. The Kier molecular flexibility index (Phi) is 2.13. The predicted molar refractivity (Wildman–Crippen MR) is 42.1 cm³/mol. The van der Waals surface area contributed by atoms with Gasteiger partial charge in [0.25, 0.3) is 0 Å². The summed E-state index contributed by atoms with van der Waals surface area (Å²) in [5, 5.41) is 9.03. The van der Waals surface area contributed by atoms with Crippen molar-refractivity contribution in [1.82, 2.24) is 0 Å². The van der Waals surface area contributed by atoms with Crippen molar-refractivity contribution in [2.75, 3.05) is 0 Å². The van der Waals surface area contributed by atoms with Crippen molar-refractivity contribution >= 4 is 28.3 Å². The maximum Gasteiger partial charge on any atom is 0.156 e. The lowest BCUT2D eigenvalue weighted by Gasteiger charge is -1.89. The van der Waals surface area contributed by atoms with Gasteiger partial charge in [0, 0.05) is 0 Å². The van der Waals surface area contributed by atoms with E-state index in [-0.39, 0.29) is 5.17 Å². The van der Waals surface area contributed by atoms with Crippen LogP contribution in [0.4, 0.5) is 0 Å². The zero-order valence-electron chi connectivity index (χ0n) is 4.63. The standard InChI is InChI=1S/C5H6N2S2/c6-5(7)9-4-2-1-3-8-4/h1-3H,(H3,6,7). The summed E-state index contributed by atoms with van der Waals surface area (Å²) in [7, 11) is 0. The van der Waals surface area contributed by atoms with Gasteiger partial charge in [-0.2, -0.15) is 0 Å². The summed E-state index contributed by atoms with van der Waals surface area (Å²) in [5.74, 6) is 0. The predicted octanol–water partition coefficient (Wildman–Crippen LogP) is 1.73. The van der Waals surface area contributed by atoms with Crippen molar-refractivity contribution in [3.05, 3.63) is 17.5 Å². The van der Waals surface area contributed by atoms with Gasteiger partial charge in [-0.3, -0.25) is 5.41 Å². The summed E-state index contributed by atoms with van der Waals surface area (Å²) in [5.41, 5.74) is 5.14. The molecule has 48 valence electrons. The summed E-state index contributed by atoms with van der Waals surface area (Å²) < 4.78 is 1.07. The molecule has 0 aromatic carbocycles. The van der Waals surface area contributed by atoms with E-state index >= 15 is 0 Å². The van der Waals surface area contributed by atoms with E-state index in [1.165, 1.54) is 11.8 Å². The van der Waals surface area contributed by atoms with Crippen LogP contribution in [0.1, 0.15) is 0 Å². The first-order valence-corrected chi connectivity index (χ1v) is 4.04.